The topological polar surface area (TPSA) is 35.2 Å². The van der Waals surface area contributed by atoms with Crippen LogP contribution < -0.4 is 10.5 Å². The van der Waals surface area contributed by atoms with Gasteiger partial charge in [0.05, 0.1) is 5.02 Å². The van der Waals surface area contributed by atoms with Gasteiger partial charge in [-0.05, 0) is 42.3 Å². The molecule has 0 amide bonds. The molecule has 100 valence electrons. The first-order valence-electron chi connectivity index (χ1n) is 5.98. The van der Waals surface area contributed by atoms with Crippen LogP contribution in [0, 0.1) is 5.82 Å². The molecule has 4 heteroatoms. The van der Waals surface area contributed by atoms with Gasteiger partial charge in [-0.1, -0.05) is 29.8 Å². The van der Waals surface area contributed by atoms with E-state index >= 15 is 0 Å². The maximum absolute atomic E-state index is 12.8. The number of nitrogens with two attached hydrogens (primary N) is 1. The lowest BCUT2D eigenvalue weighted by Gasteiger charge is -2.11. The Morgan fingerprint density at radius 3 is 2.47 bits per heavy atom. The second-order valence-corrected chi connectivity index (χ2v) is 4.80. The molecule has 0 radical (unpaired) electrons. The fourth-order valence-corrected chi connectivity index (χ4v) is 1.90. The van der Waals surface area contributed by atoms with E-state index in [2.05, 4.69) is 0 Å². The monoisotopic (exact) mass is 279 g/mol. The zero-order chi connectivity index (χ0) is 13.8. The molecule has 0 fully saturated rings. The van der Waals surface area contributed by atoms with E-state index < -0.39 is 0 Å². The van der Waals surface area contributed by atoms with Crippen molar-refractivity contribution in [3.8, 4) is 5.75 Å². The SMILES string of the molecule is CC(N)c1ccc(OCc2ccc(F)cc2)c(Cl)c1. The van der Waals surface area contributed by atoms with Crippen molar-refractivity contribution in [2.45, 2.75) is 19.6 Å². The normalized spacial score (nSPS) is 12.2. The zero-order valence-corrected chi connectivity index (χ0v) is 11.3. The highest BCUT2D eigenvalue weighted by Gasteiger charge is 2.06. The molecular weight excluding hydrogens is 265 g/mol. The summed E-state index contributed by atoms with van der Waals surface area (Å²) >= 11 is 6.12. The highest BCUT2D eigenvalue weighted by Crippen LogP contribution is 2.28. The Labute approximate surface area is 117 Å². The molecule has 2 aromatic rings. The molecule has 0 saturated heterocycles. The first-order valence-corrected chi connectivity index (χ1v) is 6.36. The fourth-order valence-electron chi connectivity index (χ4n) is 1.66. The van der Waals surface area contributed by atoms with Gasteiger partial charge in [-0.25, -0.2) is 4.39 Å². The van der Waals surface area contributed by atoms with Crippen molar-refractivity contribution in [2.75, 3.05) is 0 Å². The van der Waals surface area contributed by atoms with E-state index in [0.29, 0.717) is 17.4 Å². The van der Waals surface area contributed by atoms with E-state index in [9.17, 15) is 4.39 Å². The minimum absolute atomic E-state index is 0.0661. The highest BCUT2D eigenvalue weighted by atomic mass is 35.5. The predicted octanol–water partition coefficient (Wildman–Crippen LogP) is 4.08. The number of halogens is 2. The van der Waals surface area contributed by atoms with Crippen LogP contribution in [0.4, 0.5) is 4.39 Å². The fraction of sp³-hybridized carbons (Fsp3) is 0.200. The van der Waals surface area contributed by atoms with Crippen LogP contribution in [-0.2, 0) is 6.61 Å². The molecule has 1 atom stereocenters. The Kier molecular flexibility index (Phi) is 4.40. The van der Waals surface area contributed by atoms with Gasteiger partial charge in [0, 0.05) is 6.04 Å². The Morgan fingerprint density at radius 1 is 1.21 bits per heavy atom. The maximum atomic E-state index is 12.8. The van der Waals surface area contributed by atoms with Crippen molar-refractivity contribution in [2.24, 2.45) is 5.73 Å². The minimum Gasteiger partial charge on any atom is -0.487 e. The summed E-state index contributed by atoms with van der Waals surface area (Å²) in [5.74, 6) is 0.332. The lowest BCUT2D eigenvalue weighted by Crippen LogP contribution is -2.05. The molecule has 2 N–H and O–H groups in total. The Hall–Kier alpha value is -1.58. The van der Waals surface area contributed by atoms with E-state index in [1.807, 2.05) is 13.0 Å². The van der Waals surface area contributed by atoms with Gasteiger partial charge in [-0.2, -0.15) is 0 Å². The van der Waals surface area contributed by atoms with Gasteiger partial charge in [-0.15, -0.1) is 0 Å². The molecular formula is C15H15ClFNO. The minimum atomic E-state index is -0.261. The summed E-state index contributed by atoms with van der Waals surface area (Å²) in [6, 6.07) is 11.6. The largest absolute Gasteiger partial charge is 0.487 e. The molecule has 0 aliphatic carbocycles. The first kappa shape index (κ1) is 13.8. The second-order valence-electron chi connectivity index (χ2n) is 4.39. The third kappa shape index (κ3) is 3.69. The van der Waals surface area contributed by atoms with Crippen LogP contribution in [0.25, 0.3) is 0 Å². The lowest BCUT2D eigenvalue weighted by molar-refractivity contribution is 0.306. The molecule has 2 rings (SSSR count). The number of ether oxygens (including phenoxy) is 1. The number of rotatable bonds is 4. The smallest absolute Gasteiger partial charge is 0.138 e. The van der Waals surface area contributed by atoms with E-state index in [1.54, 1.807) is 24.3 Å². The van der Waals surface area contributed by atoms with Gasteiger partial charge in [0.15, 0.2) is 0 Å². The van der Waals surface area contributed by atoms with Crippen LogP contribution in [-0.4, -0.2) is 0 Å². The van der Waals surface area contributed by atoms with E-state index in [-0.39, 0.29) is 11.9 Å². The molecule has 0 aliphatic heterocycles. The van der Waals surface area contributed by atoms with Crippen LogP contribution in [0.1, 0.15) is 24.1 Å². The third-order valence-corrected chi connectivity index (χ3v) is 3.08. The van der Waals surface area contributed by atoms with Gasteiger partial charge in [0.1, 0.15) is 18.2 Å². The summed E-state index contributed by atoms with van der Waals surface area (Å²) < 4.78 is 18.4. The summed E-state index contributed by atoms with van der Waals surface area (Å²) in [5.41, 5.74) is 7.62. The van der Waals surface area contributed by atoms with E-state index in [0.717, 1.165) is 11.1 Å². The molecule has 0 spiro atoms. The van der Waals surface area contributed by atoms with Crippen molar-refractivity contribution in [1.82, 2.24) is 0 Å². The molecule has 2 aromatic carbocycles. The summed E-state index contributed by atoms with van der Waals surface area (Å²) in [4.78, 5) is 0. The van der Waals surface area contributed by atoms with Gasteiger partial charge in [0.25, 0.3) is 0 Å². The van der Waals surface area contributed by atoms with Crippen LogP contribution in [0.2, 0.25) is 5.02 Å². The van der Waals surface area contributed by atoms with Crippen molar-refractivity contribution in [3.63, 3.8) is 0 Å². The van der Waals surface area contributed by atoms with Crippen LogP contribution in [0.3, 0.4) is 0 Å². The predicted molar refractivity (Wildman–Crippen MR) is 74.8 cm³/mol. The standard InChI is InChI=1S/C15H15ClFNO/c1-10(18)12-4-7-15(14(16)8-12)19-9-11-2-5-13(17)6-3-11/h2-8,10H,9,18H2,1H3. The lowest BCUT2D eigenvalue weighted by atomic mass is 10.1. The average molecular weight is 280 g/mol. The summed E-state index contributed by atoms with van der Waals surface area (Å²) in [7, 11) is 0. The Bertz CT molecular complexity index is 555. The van der Waals surface area contributed by atoms with E-state index in [4.69, 9.17) is 22.1 Å². The van der Waals surface area contributed by atoms with Gasteiger partial charge in [0.2, 0.25) is 0 Å². The molecule has 0 aromatic heterocycles. The van der Waals surface area contributed by atoms with Crippen molar-refractivity contribution < 1.29 is 9.13 Å². The average Bonchev–Trinajstić information content (AvgIpc) is 2.39. The Morgan fingerprint density at radius 2 is 1.89 bits per heavy atom. The summed E-state index contributed by atoms with van der Waals surface area (Å²) in [6.07, 6.45) is 0. The van der Waals surface area contributed by atoms with Gasteiger partial charge >= 0.3 is 0 Å². The number of hydrogen-bond donors (Lipinski definition) is 1. The van der Waals surface area contributed by atoms with Crippen LogP contribution in [0.5, 0.6) is 5.75 Å². The van der Waals surface area contributed by atoms with Crippen molar-refractivity contribution in [1.29, 1.82) is 0 Å². The highest BCUT2D eigenvalue weighted by molar-refractivity contribution is 6.32. The maximum Gasteiger partial charge on any atom is 0.138 e. The second kappa shape index (κ2) is 6.04. The first-order chi connectivity index (χ1) is 9.06. The molecule has 0 bridgehead atoms. The van der Waals surface area contributed by atoms with E-state index in [1.165, 1.54) is 12.1 Å². The number of benzene rings is 2. The molecule has 2 nitrogen and oxygen atoms in total. The molecule has 0 saturated carbocycles. The molecule has 1 unspecified atom stereocenters. The summed E-state index contributed by atoms with van der Waals surface area (Å²) in [5, 5.41) is 0.525. The van der Waals surface area contributed by atoms with Gasteiger partial charge in [-0.3, -0.25) is 0 Å². The van der Waals surface area contributed by atoms with Crippen molar-refractivity contribution >= 4 is 11.6 Å². The third-order valence-electron chi connectivity index (χ3n) is 2.79. The zero-order valence-electron chi connectivity index (χ0n) is 10.6. The quantitative estimate of drug-likeness (QED) is 0.915. The molecule has 0 heterocycles. The van der Waals surface area contributed by atoms with Gasteiger partial charge < -0.3 is 10.5 Å². The van der Waals surface area contributed by atoms with Crippen molar-refractivity contribution in [3.05, 3.63) is 64.4 Å². The van der Waals surface area contributed by atoms with Crippen LogP contribution >= 0.6 is 11.6 Å². The number of hydrogen-bond acceptors (Lipinski definition) is 2. The molecule has 19 heavy (non-hydrogen) atoms. The molecule has 0 aliphatic rings. The summed E-state index contributed by atoms with van der Waals surface area (Å²) in [6.45, 7) is 2.24. The Balaban J connectivity index is 2.05. The van der Waals surface area contributed by atoms with Crippen LogP contribution in [0.15, 0.2) is 42.5 Å².